The Balaban J connectivity index is 0.000000134. The van der Waals surface area contributed by atoms with E-state index in [0.29, 0.717) is 47.2 Å². The van der Waals surface area contributed by atoms with Gasteiger partial charge in [0.05, 0.1) is 22.3 Å². The molecule has 17 rings (SSSR count). The zero-order chi connectivity index (χ0) is 89.1. The summed E-state index contributed by atoms with van der Waals surface area (Å²) in [6.45, 7) is 46.6. The molecule has 0 saturated heterocycles. The lowest BCUT2D eigenvalue weighted by Gasteiger charge is -2.19. The lowest BCUT2D eigenvalue weighted by molar-refractivity contribution is -0.672. The first-order valence-corrected chi connectivity index (χ1v) is 41.9. The number of hydrogen-bond acceptors (Lipinski definition) is 8. The van der Waals surface area contributed by atoms with Gasteiger partial charge in [-0.3, -0.25) is 0 Å². The van der Waals surface area contributed by atoms with Crippen molar-refractivity contribution in [2.45, 2.75) is 230 Å². The maximum Gasteiger partial charge on any atom is 0.227 e. The molecule has 1 aliphatic heterocycles. The quantitative estimate of drug-likeness (QED) is 0.117. The molecule has 0 saturated carbocycles. The smallest absolute Gasteiger partial charge is 0.227 e. The molecule has 604 valence electrons. The SMILES string of the molecule is CCc1ccc2c(n1)oc1c(-c3cc(CC(C)(C)C)c(C)c[n+]3C)c(C)ccc12.Cc1c[n+]2c(cc1CC(C)(C)C)-c1c(ccc3c1oc1nc(C(C)C)ccc13)C2.[2H]C([2H])([2H])c1c[n+](C)c(-c2c(C)ccc3c2oc2nc(C(C)C)ccc23)cc1CC(C)(C)C.[2H]C([2H])([2H])c1c[n+](C)c(-c2c(C)ccc3c2oc2nc(CC)ccc23)cc1CC(C)(C)C. The third-order valence-electron chi connectivity index (χ3n) is 22.8. The van der Waals surface area contributed by atoms with Crippen LogP contribution < -0.4 is 18.3 Å². The third kappa shape index (κ3) is 17.0. The Labute approximate surface area is 701 Å². The van der Waals surface area contributed by atoms with Crippen LogP contribution in [0, 0.1) is 70.0 Å². The molecule has 12 aromatic heterocycles. The Kier molecular flexibility index (Phi) is 20.3. The number of pyridine rings is 8. The first-order valence-electron chi connectivity index (χ1n) is 44.9. The summed E-state index contributed by atoms with van der Waals surface area (Å²) in [6.07, 6.45) is 13.3. The Morgan fingerprint density at radius 2 is 0.632 bits per heavy atom. The van der Waals surface area contributed by atoms with E-state index in [4.69, 9.17) is 40.8 Å². The summed E-state index contributed by atoms with van der Waals surface area (Å²) in [5.74, 6) is 0.701. The van der Waals surface area contributed by atoms with Gasteiger partial charge >= 0.3 is 0 Å². The maximum absolute atomic E-state index is 8.09. The molecule has 0 spiro atoms. The second-order valence-electron chi connectivity index (χ2n) is 38.6. The number of nitrogens with zero attached hydrogens (tertiary/aromatic N) is 8. The number of furan rings is 4. The fourth-order valence-electron chi connectivity index (χ4n) is 16.9. The number of rotatable bonds is 11. The number of benzene rings is 4. The van der Waals surface area contributed by atoms with Crippen LogP contribution in [0.15, 0.2) is 164 Å². The summed E-state index contributed by atoms with van der Waals surface area (Å²) in [6, 6.07) is 42.8. The van der Waals surface area contributed by atoms with Gasteiger partial charge < -0.3 is 17.7 Å². The van der Waals surface area contributed by atoms with E-state index in [1.807, 2.05) is 41.4 Å². The Morgan fingerprint density at radius 1 is 0.342 bits per heavy atom. The molecule has 0 atom stereocenters. The number of aromatic nitrogens is 8. The topological polar surface area (TPSA) is 120 Å². The van der Waals surface area contributed by atoms with Gasteiger partial charge in [0, 0.05) is 126 Å². The Hall–Kier alpha value is -10.7. The molecular weight excluding hydrogens is 1440 g/mol. The molecule has 117 heavy (non-hydrogen) atoms. The highest BCUT2D eigenvalue weighted by molar-refractivity contribution is 6.12. The minimum absolute atomic E-state index is 0.0436. The molecule has 0 amide bonds. The normalized spacial score (nSPS) is 13.6. The van der Waals surface area contributed by atoms with Crippen molar-refractivity contribution in [2.75, 3.05) is 0 Å². The van der Waals surface area contributed by atoms with Gasteiger partial charge in [-0.2, -0.15) is 4.57 Å². The van der Waals surface area contributed by atoms with E-state index in [0.717, 1.165) is 182 Å². The number of hydrogen-bond donors (Lipinski definition) is 0. The zero-order valence-electron chi connectivity index (χ0n) is 80.2. The van der Waals surface area contributed by atoms with Crippen LogP contribution >= 0.6 is 0 Å². The van der Waals surface area contributed by atoms with Gasteiger partial charge in [-0.25, -0.2) is 33.6 Å². The first kappa shape index (κ1) is 75.1. The largest absolute Gasteiger partial charge is 0.437 e. The molecule has 12 nitrogen and oxygen atoms in total. The van der Waals surface area contributed by atoms with Crippen molar-refractivity contribution < 1.29 is 44.2 Å². The van der Waals surface area contributed by atoms with Gasteiger partial charge in [-0.05, 0) is 214 Å². The molecule has 13 heterocycles. The van der Waals surface area contributed by atoms with E-state index in [9.17, 15) is 0 Å². The molecule has 0 unspecified atom stereocenters. The van der Waals surface area contributed by atoms with Gasteiger partial charge in [0.2, 0.25) is 45.6 Å². The molecule has 0 aliphatic carbocycles. The van der Waals surface area contributed by atoms with Crippen LogP contribution in [0.5, 0.6) is 0 Å². The standard InChI is InChI=1S/C27H33N2O.C26H29N2O.2C26H31N2O/c1-16(2)22-12-11-21-20-10-9-17(3)24(25(20)30-26(21)28-22)23-13-19(14-27(5,6)7)18(4)15-29(23)8;1-15(2)21-10-9-20-19-8-7-17-14-28-13-16(3)18(12-26(4,5)6)11-22(28)23(17)24(19)29-25(20)27-21;2*1-8-19-10-12-21-20-11-9-16(2)23(24(20)29-25(21)27-19)22-13-18(14-26(4,5)6)17(3)15-28(22)7/h9-13,15-16H,14H2,1-8H3;7-11,13,15H,12,14H2,1-6H3;2*9-13,15H,8,14H2,1-7H3/q4*+1/i4D3;;3D3;. The van der Waals surface area contributed by atoms with Crippen molar-refractivity contribution in [3.63, 3.8) is 0 Å². The maximum atomic E-state index is 8.09. The minimum atomic E-state index is -2.17. The first-order chi connectivity index (χ1) is 57.5. The van der Waals surface area contributed by atoms with Crippen molar-refractivity contribution in [1.82, 2.24) is 19.9 Å². The molecule has 0 N–H and O–H groups in total. The van der Waals surface area contributed by atoms with Crippen LogP contribution in [0.2, 0.25) is 0 Å². The average Bonchev–Trinajstić information content (AvgIpc) is 1.73. The Bertz CT molecular complexity index is 6820. The summed E-state index contributed by atoms with van der Waals surface area (Å²) in [5, 5.41) is 8.51. The molecule has 1 aliphatic rings. The summed E-state index contributed by atoms with van der Waals surface area (Å²) in [7, 11) is 5.93. The molecule has 0 fully saturated rings. The predicted octanol–water partition coefficient (Wildman–Crippen LogP) is 25.6. The van der Waals surface area contributed by atoms with E-state index < -0.39 is 13.7 Å². The van der Waals surface area contributed by atoms with E-state index in [-0.39, 0.29) is 21.7 Å². The van der Waals surface area contributed by atoms with Crippen LogP contribution in [0.1, 0.15) is 234 Å². The second kappa shape index (κ2) is 31.6. The summed E-state index contributed by atoms with van der Waals surface area (Å²) in [5.41, 5.74) is 32.2. The van der Waals surface area contributed by atoms with E-state index in [1.54, 1.807) is 12.4 Å². The van der Waals surface area contributed by atoms with Crippen LogP contribution in [0.25, 0.3) is 133 Å². The highest BCUT2D eigenvalue weighted by atomic mass is 16.4. The van der Waals surface area contributed by atoms with Gasteiger partial charge in [-0.15, -0.1) is 0 Å². The van der Waals surface area contributed by atoms with Crippen molar-refractivity contribution >= 4 is 88.3 Å². The summed E-state index contributed by atoms with van der Waals surface area (Å²) in [4.78, 5) is 19.0. The highest BCUT2D eigenvalue weighted by Crippen LogP contribution is 2.44. The zero-order valence-corrected chi connectivity index (χ0v) is 74.2. The van der Waals surface area contributed by atoms with Crippen LogP contribution in [-0.4, -0.2) is 19.9 Å². The lowest BCUT2D eigenvalue weighted by atomic mass is 9.86. The van der Waals surface area contributed by atoms with E-state index in [2.05, 4.69) is 296 Å². The molecule has 16 aromatic rings. The minimum Gasteiger partial charge on any atom is -0.437 e. The van der Waals surface area contributed by atoms with E-state index in [1.165, 1.54) is 50.3 Å². The van der Waals surface area contributed by atoms with Crippen LogP contribution in [0.3, 0.4) is 0 Å². The molecular formula is C105H124N8O4+4. The predicted molar refractivity (Wildman–Crippen MR) is 483 cm³/mol. The Morgan fingerprint density at radius 3 is 0.966 bits per heavy atom. The third-order valence-corrected chi connectivity index (χ3v) is 22.8. The molecule has 4 aromatic carbocycles. The molecule has 12 heteroatoms. The van der Waals surface area contributed by atoms with Crippen LogP contribution in [-0.2, 0) is 66.2 Å². The fourth-order valence-corrected chi connectivity index (χ4v) is 16.9. The monoisotopic (exact) mass is 1570 g/mol. The van der Waals surface area contributed by atoms with Crippen molar-refractivity contribution in [3.8, 4) is 45.0 Å². The average molecular weight is 1570 g/mol. The summed E-state index contributed by atoms with van der Waals surface area (Å²) < 4.78 is 82.3. The van der Waals surface area contributed by atoms with Gasteiger partial charge in [0.1, 0.15) is 21.1 Å². The van der Waals surface area contributed by atoms with Gasteiger partial charge in [0.25, 0.3) is 0 Å². The lowest BCUT2D eigenvalue weighted by Crippen LogP contribution is -2.33. The van der Waals surface area contributed by atoms with Crippen molar-refractivity contribution in [3.05, 3.63) is 236 Å². The van der Waals surface area contributed by atoms with Gasteiger partial charge in [-0.1, -0.05) is 167 Å². The fraction of sp³-hybridized carbons (Fsp3) is 0.390. The second-order valence-corrected chi connectivity index (χ2v) is 38.6. The van der Waals surface area contributed by atoms with E-state index >= 15 is 0 Å². The van der Waals surface area contributed by atoms with Crippen molar-refractivity contribution in [1.29, 1.82) is 0 Å². The number of fused-ring (bicyclic) bond motifs is 16. The summed E-state index contributed by atoms with van der Waals surface area (Å²) >= 11 is 0. The highest BCUT2D eigenvalue weighted by Gasteiger charge is 2.34. The molecule has 0 bridgehead atoms. The molecule has 0 radical (unpaired) electrons. The van der Waals surface area contributed by atoms with Gasteiger partial charge in [0.15, 0.2) is 53.7 Å². The van der Waals surface area contributed by atoms with Crippen molar-refractivity contribution in [2.24, 2.45) is 42.8 Å². The number of aryl methyl sites for hydroxylation is 12. The van der Waals surface area contributed by atoms with Crippen LogP contribution in [0.4, 0.5) is 0 Å².